The molecule has 2 fully saturated rings. The van der Waals surface area contributed by atoms with Gasteiger partial charge in [-0.05, 0) is 20.4 Å². The van der Waals surface area contributed by atoms with Crippen LogP contribution in [-0.4, -0.2) is 101 Å². The van der Waals surface area contributed by atoms with E-state index in [-0.39, 0.29) is 28.8 Å². The Labute approximate surface area is 189 Å². The molecule has 3 heterocycles. The van der Waals surface area contributed by atoms with Gasteiger partial charge in [-0.1, -0.05) is 6.92 Å². The van der Waals surface area contributed by atoms with Crippen molar-refractivity contribution in [1.29, 1.82) is 0 Å². The number of likely N-dealkylation sites (tertiary alicyclic amines) is 1. The number of nitrogens with zero attached hydrogens (tertiary/aromatic N) is 3. The van der Waals surface area contributed by atoms with Crippen molar-refractivity contribution in [3.63, 3.8) is 0 Å². The van der Waals surface area contributed by atoms with Crippen molar-refractivity contribution >= 4 is 35.5 Å². The summed E-state index contributed by atoms with van der Waals surface area (Å²) in [4.78, 5) is 53.8. The maximum Gasteiger partial charge on any atom is 0.353 e. The number of carbonyl (C=O) groups is 4. The van der Waals surface area contributed by atoms with E-state index in [1.165, 1.54) is 28.5 Å². The predicted octanol–water partition coefficient (Wildman–Crippen LogP) is 0.423. The van der Waals surface area contributed by atoms with Crippen LogP contribution in [0.15, 0.2) is 10.6 Å². The van der Waals surface area contributed by atoms with Gasteiger partial charge in [0.15, 0.2) is 0 Å². The molecule has 12 heteroatoms. The normalized spacial score (nSPS) is 30.9. The predicted molar refractivity (Wildman–Crippen MR) is 113 cm³/mol. The van der Waals surface area contributed by atoms with Crippen LogP contribution in [0.4, 0.5) is 8.78 Å². The lowest BCUT2D eigenvalue weighted by atomic mass is 9.78. The molecule has 9 nitrogen and oxygen atoms in total. The molecule has 0 unspecified atom stereocenters. The minimum absolute atomic E-state index is 0.0230. The Morgan fingerprint density at radius 1 is 1.28 bits per heavy atom. The van der Waals surface area contributed by atoms with Gasteiger partial charge in [-0.15, -0.1) is 11.8 Å². The van der Waals surface area contributed by atoms with E-state index in [4.69, 9.17) is 0 Å². The van der Waals surface area contributed by atoms with Gasteiger partial charge in [0.05, 0.1) is 18.0 Å². The van der Waals surface area contributed by atoms with Crippen molar-refractivity contribution in [2.75, 3.05) is 27.7 Å². The maximum atomic E-state index is 12.8. The second kappa shape index (κ2) is 8.97. The number of halogens is 2. The van der Waals surface area contributed by atoms with E-state index < -0.39 is 42.2 Å². The van der Waals surface area contributed by atoms with Gasteiger partial charge in [0.2, 0.25) is 11.8 Å². The molecule has 0 bridgehead atoms. The second-order valence-corrected chi connectivity index (χ2v) is 10.1. The largest absolute Gasteiger partial charge is 0.477 e. The Morgan fingerprint density at radius 3 is 2.44 bits per heavy atom. The molecule has 3 amide bonds. The van der Waals surface area contributed by atoms with E-state index in [9.17, 15) is 33.1 Å². The summed E-state index contributed by atoms with van der Waals surface area (Å²) in [5.74, 6) is -4.33. The van der Waals surface area contributed by atoms with E-state index in [1.54, 1.807) is 21.0 Å². The van der Waals surface area contributed by atoms with Crippen LogP contribution in [0.5, 0.6) is 0 Å². The summed E-state index contributed by atoms with van der Waals surface area (Å²) in [6.07, 6.45) is -2.65. The first-order valence-electron chi connectivity index (χ1n) is 10.3. The number of fused-ring (bicyclic) bond motifs is 1. The number of carboxylic acids is 1. The maximum absolute atomic E-state index is 12.8. The molecule has 0 aromatic carbocycles. The van der Waals surface area contributed by atoms with E-state index in [0.717, 1.165) is 0 Å². The fraction of sp³-hybridized carbons (Fsp3) is 0.700. The van der Waals surface area contributed by atoms with E-state index in [0.29, 0.717) is 17.9 Å². The average molecular weight is 475 g/mol. The fourth-order valence-electron chi connectivity index (χ4n) is 4.88. The summed E-state index contributed by atoms with van der Waals surface area (Å²) in [5.41, 5.74) is -0.0915. The molecule has 3 aliphatic rings. The molecule has 0 aliphatic carbocycles. The van der Waals surface area contributed by atoms with Crippen LogP contribution in [0, 0.1) is 11.8 Å². The zero-order chi connectivity index (χ0) is 24.1. The van der Waals surface area contributed by atoms with Gasteiger partial charge in [-0.3, -0.25) is 19.3 Å². The highest BCUT2D eigenvalue weighted by Crippen LogP contribution is 2.52. The zero-order valence-electron chi connectivity index (χ0n) is 18.5. The minimum Gasteiger partial charge on any atom is -0.477 e. The summed E-state index contributed by atoms with van der Waals surface area (Å²) >= 11 is 1.36. The lowest BCUT2D eigenvalue weighted by Gasteiger charge is -2.47. The summed E-state index contributed by atoms with van der Waals surface area (Å²) in [6.45, 7) is 3.86. The number of carbonyl (C=O) groups excluding carboxylic acids is 3. The Morgan fingerprint density at radius 2 is 1.91 bits per heavy atom. The lowest BCUT2D eigenvalue weighted by molar-refractivity contribution is -0.159. The molecule has 0 aromatic heterocycles. The highest BCUT2D eigenvalue weighted by molar-refractivity contribution is 8.03. The number of hydrogen-bond acceptors (Lipinski definition) is 6. The second-order valence-electron chi connectivity index (χ2n) is 8.79. The number of likely N-dealkylation sites (N-methyl/N-ethyl adjacent to an activating group) is 2. The summed E-state index contributed by atoms with van der Waals surface area (Å²) < 4.78 is 25.2. The van der Waals surface area contributed by atoms with E-state index in [2.05, 4.69) is 5.32 Å². The third-order valence-electron chi connectivity index (χ3n) is 6.43. The van der Waals surface area contributed by atoms with Gasteiger partial charge < -0.3 is 20.2 Å². The van der Waals surface area contributed by atoms with Crippen LogP contribution < -0.4 is 5.32 Å². The number of nitrogens with one attached hydrogen (secondary N) is 1. The molecular formula is C20H28F2N4O5S. The number of aliphatic carboxylic acids is 1. The summed E-state index contributed by atoms with van der Waals surface area (Å²) in [5, 5.41) is 11.9. The average Bonchev–Trinajstić information content (AvgIpc) is 3.17. The number of rotatable bonds is 7. The van der Waals surface area contributed by atoms with Crippen molar-refractivity contribution in [2.45, 2.75) is 50.1 Å². The molecule has 0 spiro atoms. The monoisotopic (exact) mass is 474 g/mol. The number of alkyl halides is 2. The molecule has 0 radical (unpaired) electrons. The Hall–Kier alpha value is -2.21. The standard InChI is InChI=1S/C20H28F2N4O5S/c1-8-13-12(9(2)23-17(27)16(21)22)19(29)26(13)14(20(30)31)15(8)32-10-6-11(25(5)7-10)18(28)24(3)4/h8-13,16H,6-7H2,1-5H3,(H,23,27)(H,30,31)/t8-,9-,10+,11+,12-,13-/m1/s1. The van der Waals surface area contributed by atoms with E-state index in [1.807, 2.05) is 11.9 Å². The van der Waals surface area contributed by atoms with Gasteiger partial charge in [-0.2, -0.15) is 8.78 Å². The summed E-state index contributed by atoms with van der Waals surface area (Å²) in [7, 11) is 5.22. The Kier molecular flexibility index (Phi) is 6.85. The van der Waals surface area contributed by atoms with Crippen molar-refractivity contribution in [1.82, 2.24) is 20.0 Å². The van der Waals surface area contributed by atoms with E-state index >= 15 is 0 Å². The third-order valence-corrected chi connectivity index (χ3v) is 7.92. The van der Waals surface area contributed by atoms with Crippen molar-refractivity contribution in [3.05, 3.63) is 10.6 Å². The smallest absolute Gasteiger partial charge is 0.353 e. The van der Waals surface area contributed by atoms with Crippen LogP contribution in [0.25, 0.3) is 0 Å². The van der Waals surface area contributed by atoms with Crippen LogP contribution in [0.3, 0.4) is 0 Å². The highest BCUT2D eigenvalue weighted by Gasteiger charge is 2.60. The van der Waals surface area contributed by atoms with Gasteiger partial charge in [-0.25, -0.2) is 4.79 Å². The van der Waals surface area contributed by atoms with Gasteiger partial charge in [0.25, 0.3) is 5.91 Å². The fourth-order valence-corrected chi connectivity index (χ4v) is 6.48. The quantitative estimate of drug-likeness (QED) is 0.515. The topological polar surface area (TPSA) is 110 Å². The Balaban J connectivity index is 1.78. The molecule has 32 heavy (non-hydrogen) atoms. The number of amides is 3. The third kappa shape index (κ3) is 4.09. The first kappa shape index (κ1) is 24.4. The molecular weight excluding hydrogens is 446 g/mol. The van der Waals surface area contributed by atoms with Crippen LogP contribution in [0.1, 0.15) is 20.3 Å². The van der Waals surface area contributed by atoms with Gasteiger partial charge >= 0.3 is 12.4 Å². The number of β-lactam (4-membered cyclic amide) rings is 1. The highest BCUT2D eigenvalue weighted by atomic mass is 32.2. The van der Waals surface area contributed by atoms with Gasteiger partial charge in [0, 0.05) is 42.8 Å². The minimum atomic E-state index is -3.19. The Bertz CT molecular complexity index is 867. The van der Waals surface area contributed by atoms with Crippen LogP contribution >= 0.6 is 11.8 Å². The first-order valence-corrected chi connectivity index (χ1v) is 11.2. The van der Waals surface area contributed by atoms with Crippen LogP contribution in [-0.2, 0) is 19.2 Å². The molecule has 178 valence electrons. The number of thioether (sulfide) groups is 1. The van der Waals surface area contributed by atoms with Crippen molar-refractivity contribution < 1.29 is 33.1 Å². The molecule has 3 rings (SSSR count). The number of hydrogen-bond donors (Lipinski definition) is 2. The molecule has 0 aromatic rings. The van der Waals surface area contributed by atoms with Crippen molar-refractivity contribution in [3.8, 4) is 0 Å². The molecule has 3 aliphatic heterocycles. The number of carboxylic acid groups (broad SMARTS) is 1. The summed E-state index contributed by atoms with van der Waals surface area (Å²) in [6, 6.07) is -1.68. The SMILES string of the molecule is C[C@@H](NC(=O)C(F)F)[C@H]1C(=O)N2C(C(=O)O)=C(S[C@H]3C[C@@H](C(=O)N(C)C)N(C)C3)[C@H](C)[C@H]12. The van der Waals surface area contributed by atoms with Crippen LogP contribution in [0.2, 0.25) is 0 Å². The molecule has 2 saturated heterocycles. The first-order chi connectivity index (χ1) is 14.9. The van der Waals surface area contributed by atoms with Crippen molar-refractivity contribution in [2.24, 2.45) is 11.8 Å². The zero-order valence-corrected chi connectivity index (χ0v) is 19.4. The van der Waals surface area contributed by atoms with Gasteiger partial charge in [0.1, 0.15) is 5.70 Å². The molecule has 2 N–H and O–H groups in total. The molecule has 6 atom stereocenters. The molecule has 0 saturated carbocycles. The lowest BCUT2D eigenvalue weighted by Crippen LogP contribution is -2.66.